The first kappa shape index (κ1) is 14.2. The number of carboxylic acid groups (broad SMARTS) is 1. The van der Waals surface area contributed by atoms with Crippen LogP contribution in [0.4, 0.5) is 0 Å². The zero-order chi connectivity index (χ0) is 13.7. The highest BCUT2D eigenvalue weighted by atomic mass is 35.5. The molecule has 5 heteroatoms. The van der Waals surface area contributed by atoms with Crippen molar-refractivity contribution in [1.82, 2.24) is 4.90 Å². The lowest BCUT2D eigenvalue weighted by Gasteiger charge is -2.20. The average Bonchev–Trinajstić information content (AvgIpc) is 3.12. The van der Waals surface area contributed by atoms with Crippen molar-refractivity contribution in [3.05, 3.63) is 29.3 Å². The summed E-state index contributed by atoms with van der Waals surface area (Å²) in [5.74, 6) is 0.600. The molecule has 0 amide bonds. The predicted octanol–water partition coefficient (Wildman–Crippen LogP) is 2.52. The van der Waals surface area contributed by atoms with Crippen molar-refractivity contribution in [1.29, 1.82) is 0 Å². The molecule has 1 fully saturated rings. The van der Waals surface area contributed by atoms with Crippen LogP contribution < -0.4 is 4.74 Å². The molecule has 1 saturated carbocycles. The highest BCUT2D eigenvalue weighted by molar-refractivity contribution is 6.30. The van der Waals surface area contributed by atoms with Crippen LogP contribution in [0.5, 0.6) is 5.75 Å². The van der Waals surface area contributed by atoms with Crippen molar-refractivity contribution in [3.8, 4) is 5.75 Å². The fourth-order valence-electron chi connectivity index (χ4n) is 1.94. The predicted molar refractivity (Wildman–Crippen MR) is 73.7 cm³/mol. The van der Waals surface area contributed by atoms with Crippen LogP contribution in [0, 0.1) is 5.92 Å². The molecule has 19 heavy (non-hydrogen) atoms. The van der Waals surface area contributed by atoms with Gasteiger partial charge in [0.1, 0.15) is 12.4 Å². The van der Waals surface area contributed by atoms with E-state index in [9.17, 15) is 4.79 Å². The number of halogens is 1. The van der Waals surface area contributed by atoms with E-state index in [4.69, 9.17) is 21.4 Å². The van der Waals surface area contributed by atoms with Gasteiger partial charge in [-0.3, -0.25) is 9.69 Å². The third kappa shape index (κ3) is 5.49. The second kappa shape index (κ2) is 6.78. The van der Waals surface area contributed by atoms with Crippen molar-refractivity contribution < 1.29 is 14.6 Å². The summed E-state index contributed by atoms with van der Waals surface area (Å²) < 4.78 is 5.58. The van der Waals surface area contributed by atoms with Gasteiger partial charge in [0, 0.05) is 18.1 Å². The number of hydrogen-bond donors (Lipinski definition) is 1. The number of hydrogen-bond acceptors (Lipinski definition) is 3. The highest BCUT2D eigenvalue weighted by Gasteiger charge is 2.25. The zero-order valence-corrected chi connectivity index (χ0v) is 11.5. The van der Waals surface area contributed by atoms with Crippen LogP contribution >= 0.6 is 11.6 Å². The lowest BCUT2D eigenvalue weighted by Crippen LogP contribution is -2.35. The van der Waals surface area contributed by atoms with Crippen LogP contribution in [0.25, 0.3) is 0 Å². The molecule has 0 heterocycles. The van der Waals surface area contributed by atoms with E-state index in [0.717, 1.165) is 6.54 Å². The summed E-state index contributed by atoms with van der Waals surface area (Å²) >= 11 is 5.86. The van der Waals surface area contributed by atoms with Crippen LogP contribution in [0.1, 0.15) is 12.8 Å². The summed E-state index contributed by atoms with van der Waals surface area (Å²) in [6, 6.07) is 7.22. The number of benzene rings is 1. The van der Waals surface area contributed by atoms with Crippen LogP contribution in [0.15, 0.2) is 24.3 Å². The van der Waals surface area contributed by atoms with Crippen molar-refractivity contribution in [2.45, 2.75) is 12.8 Å². The molecule has 1 aromatic rings. The minimum Gasteiger partial charge on any atom is -0.492 e. The van der Waals surface area contributed by atoms with Crippen LogP contribution in [-0.4, -0.2) is 42.2 Å². The van der Waals surface area contributed by atoms with Crippen molar-refractivity contribution in [2.75, 3.05) is 26.2 Å². The smallest absolute Gasteiger partial charge is 0.317 e. The van der Waals surface area contributed by atoms with Gasteiger partial charge in [0.05, 0.1) is 6.54 Å². The minimum atomic E-state index is -0.789. The summed E-state index contributed by atoms with van der Waals surface area (Å²) in [7, 11) is 0. The van der Waals surface area contributed by atoms with E-state index >= 15 is 0 Å². The quantitative estimate of drug-likeness (QED) is 0.796. The van der Waals surface area contributed by atoms with E-state index < -0.39 is 5.97 Å². The molecule has 4 nitrogen and oxygen atoms in total. The standard InChI is InChI=1S/C14H18ClNO3/c15-12-2-1-3-13(8-12)19-7-6-16(10-14(17)18)9-11-4-5-11/h1-3,8,11H,4-7,9-10H2,(H,17,18). The Hall–Kier alpha value is -1.26. The molecule has 0 aliphatic heterocycles. The third-order valence-electron chi connectivity index (χ3n) is 3.04. The topological polar surface area (TPSA) is 49.8 Å². The Bertz CT molecular complexity index is 434. The Morgan fingerprint density at radius 1 is 1.47 bits per heavy atom. The highest BCUT2D eigenvalue weighted by Crippen LogP contribution is 2.29. The van der Waals surface area contributed by atoms with Gasteiger partial charge in [-0.25, -0.2) is 0 Å². The molecule has 0 saturated heterocycles. The van der Waals surface area contributed by atoms with Gasteiger partial charge in [0.25, 0.3) is 0 Å². The molecule has 2 rings (SSSR count). The van der Waals surface area contributed by atoms with E-state index in [1.54, 1.807) is 12.1 Å². The van der Waals surface area contributed by atoms with Crippen LogP contribution in [0.3, 0.4) is 0 Å². The SMILES string of the molecule is O=C(O)CN(CCOc1cccc(Cl)c1)CC1CC1. The lowest BCUT2D eigenvalue weighted by molar-refractivity contribution is -0.138. The van der Waals surface area contributed by atoms with Gasteiger partial charge in [-0.15, -0.1) is 0 Å². The number of aliphatic carboxylic acids is 1. The summed E-state index contributed by atoms with van der Waals surface area (Å²) in [5, 5.41) is 9.51. The third-order valence-corrected chi connectivity index (χ3v) is 3.28. The number of carbonyl (C=O) groups is 1. The van der Waals surface area contributed by atoms with Crippen molar-refractivity contribution >= 4 is 17.6 Å². The molecule has 0 atom stereocenters. The van der Waals surface area contributed by atoms with E-state index in [1.165, 1.54) is 12.8 Å². The van der Waals surface area contributed by atoms with Crippen molar-refractivity contribution in [2.24, 2.45) is 5.92 Å². The van der Waals surface area contributed by atoms with E-state index in [-0.39, 0.29) is 6.54 Å². The fraction of sp³-hybridized carbons (Fsp3) is 0.500. The molecule has 1 aliphatic rings. The Labute approximate surface area is 117 Å². The molecule has 1 aromatic carbocycles. The molecule has 104 valence electrons. The minimum absolute atomic E-state index is 0.0788. The van der Waals surface area contributed by atoms with Gasteiger partial charge in [0.2, 0.25) is 0 Å². The Morgan fingerprint density at radius 3 is 2.89 bits per heavy atom. The summed E-state index contributed by atoms with van der Waals surface area (Å²) in [5.41, 5.74) is 0. The van der Waals surface area contributed by atoms with Gasteiger partial charge in [0.15, 0.2) is 0 Å². The Kier molecular flexibility index (Phi) is 5.05. The van der Waals surface area contributed by atoms with Gasteiger partial charge in [-0.05, 0) is 37.0 Å². The molecule has 1 N–H and O–H groups in total. The van der Waals surface area contributed by atoms with Crippen LogP contribution in [0.2, 0.25) is 5.02 Å². The molecule has 0 aromatic heterocycles. The number of nitrogens with zero attached hydrogens (tertiary/aromatic N) is 1. The molecule has 0 spiro atoms. The normalized spacial score (nSPS) is 14.6. The maximum absolute atomic E-state index is 10.8. The summed E-state index contributed by atoms with van der Waals surface area (Å²) in [4.78, 5) is 12.7. The first-order valence-electron chi connectivity index (χ1n) is 6.46. The lowest BCUT2D eigenvalue weighted by atomic mass is 10.3. The Balaban J connectivity index is 1.75. The molecule has 0 bridgehead atoms. The maximum Gasteiger partial charge on any atom is 0.317 e. The number of ether oxygens (including phenoxy) is 1. The second-order valence-corrected chi connectivity index (χ2v) is 5.31. The second-order valence-electron chi connectivity index (χ2n) is 4.88. The van der Waals surface area contributed by atoms with E-state index in [1.807, 2.05) is 17.0 Å². The van der Waals surface area contributed by atoms with Gasteiger partial charge in [-0.1, -0.05) is 17.7 Å². The number of rotatable bonds is 8. The average molecular weight is 284 g/mol. The van der Waals surface area contributed by atoms with Gasteiger partial charge < -0.3 is 9.84 Å². The number of carboxylic acids is 1. The van der Waals surface area contributed by atoms with Gasteiger partial charge >= 0.3 is 5.97 Å². The largest absolute Gasteiger partial charge is 0.492 e. The van der Waals surface area contributed by atoms with Gasteiger partial charge in [-0.2, -0.15) is 0 Å². The first-order chi connectivity index (χ1) is 9.13. The van der Waals surface area contributed by atoms with Crippen molar-refractivity contribution in [3.63, 3.8) is 0 Å². The first-order valence-corrected chi connectivity index (χ1v) is 6.84. The molecular formula is C14H18ClNO3. The molecule has 1 aliphatic carbocycles. The molecular weight excluding hydrogens is 266 g/mol. The fourth-order valence-corrected chi connectivity index (χ4v) is 2.12. The molecule has 0 unspecified atom stereocenters. The summed E-state index contributed by atoms with van der Waals surface area (Å²) in [6.07, 6.45) is 2.43. The van der Waals surface area contributed by atoms with E-state index in [2.05, 4.69) is 0 Å². The Morgan fingerprint density at radius 2 is 2.26 bits per heavy atom. The molecule has 0 radical (unpaired) electrons. The maximum atomic E-state index is 10.8. The monoisotopic (exact) mass is 283 g/mol. The van der Waals surface area contributed by atoms with Crippen LogP contribution in [-0.2, 0) is 4.79 Å². The van der Waals surface area contributed by atoms with E-state index in [0.29, 0.717) is 29.8 Å². The summed E-state index contributed by atoms with van der Waals surface area (Å²) in [6.45, 7) is 2.02. The zero-order valence-electron chi connectivity index (χ0n) is 10.7.